The highest BCUT2D eigenvalue weighted by Crippen LogP contribution is 2.20. The summed E-state index contributed by atoms with van der Waals surface area (Å²) in [5.41, 5.74) is 0.991. The van der Waals surface area contributed by atoms with Gasteiger partial charge in [0.05, 0.1) is 18.1 Å². The van der Waals surface area contributed by atoms with Crippen LogP contribution in [-0.4, -0.2) is 15.9 Å². The van der Waals surface area contributed by atoms with Crippen LogP contribution in [0.2, 0.25) is 0 Å². The summed E-state index contributed by atoms with van der Waals surface area (Å²) < 4.78 is 26.5. The molecule has 114 valence electrons. The van der Waals surface area contributed by atoms with Crippen LogP contribution in [0.4, 0.5) is 14.6 Å². The SMILES string of the molecule is O=C(Nc1cnc(-c2ccccc2F)cn1)c1ccc(F)cc1. The predicted octanol–water partition coefficient (Wildman–Crippen LogP) is 3.67. The standard InChI is InChI=1S/C17H11F2N3O/c18-12-7-5-11(6-8-12)17(23)22-16-10-20-15(9-21-16)13-3-1-2-4-14(13)19/h1-10H,(H,21,22,23). The van der Waals surface area contributed by atoms with Crippen molar-refractivity contribution in [2.24, 2.45) is 0 Å². The number of rotatable bonds is 3. The zero-order valence-corrected chi connectivity index (χ0v) is 11.8. The number of aromatic nitrogens is 2. The minimum absolute atomic E-state index is 0.222. The molecule has 0 saturated heterocycles. The van der Waals surface area contributed by atoms with E-state index in [4.69, 9.17) is 0 Å². The normalized spacial score (nSPS) is 10.3. The molecule has 0 aliphatic heterocycles. The summed E-state index contributed by atoms with van der Waals surface area (Å²) in [7, 11) is 0. The van der Waals surface area contributed by atoms with Crippen LogP contribution in [0.3, 0.4) is 0 Å². The minimum Gasteiger partial charge on any atom is -0.305 e. The van der Waals surface area contributed by atoms with Gasteiger partial charge in [-0.1, -0.05) is 12.1 Å². The molecule has 3 rings (SSSR count). The Balaban J connectivity index is 1.76. The van der Waals surface area contributed by atoms with Crippen molar-refractivity contribution in [1.29, 1.82) is 0 Å². The van der Waals surface area contributed by atoms with Crippen molar-refractivity contribution >= 4 is 11.7 Å². The van der Waals surface area contributed by atoms with Crippen LogP contribution in [-0.2, 0) is 0 Å². The van der Waals surface area contributed by atoms with E-state index >= 15 is 0 Å². The molecule has 1 amide bonds. The summed E-state index contributed by atoms with van der Waals surface area (Å²) >= 11 is 0. The van der Waals surface area contributed by atoms with Gasteiger partial charge in [-0.25, -0.2) is 13.8 Å². The summed E-state index contributed by atoms with van der Waals surface area (Å²) in [5.74, 6) is -1.03. The summed E-state index contributed by atoms with van der Waals surface area (Å²) in [5, 5.41) is 2.54. The van der Waals surface area contributed by atoms with Gasteiger partial charge < -0.3 is 5.32 Å². The number of carbonyl (C=O) groups is 1. The Labute approximate surface area is 130 Å². The molecule has 0 radical (unpaired) electrons. The summed E-state index contributed by atoms with van der Waals surface area (Å²) in [6, 6.07) is 11.3. The number of anilines is 1. The van der Waals surface area contributed by atoms with Crippen LogP contribution >= 0.6 is 0 Å². The van der Waals surface area contributed by atoms with E-state index in [-0.39, 0.29) is 5.82 Å². The van der Waals surface area contributed by atoms with Crippen molar-refractivity contribution in [3.8, 4) is 11.3 Å². The van der Waals surface area contributed by atoms with E-state index < -0.39 is 17.5 Å². The first-order valence-electron chi connectivity index (χ1n) is 6.77. The molecular weight excluding hydrogens is 300 g/mol. The lowest BCUT2D eigenvalue weighted by Gasteiger charge is -2.06. The lowest BCUT2D eigenvalue weighted by atomic mass is 10.1. The smallest absolute Gasteiger partial charge is 0.256 e. The van der Waals surface area contributed by atoms with Gasteiger partial charge in [-0.15, -0.1) is 0 Å². The second kappa shape index (κ2) is 6.31. The number of amides is 1. The van der Waals surface area contributed by atoms with E-state index in [2.05, 4.69) is 15.3 Å². The predicted molar refractivity (Wildman–Crippen MR) is 81.8 cm³/mol. The minimum atomic E-state index is -0.432. The maximum absolute atomic E-state index is 13.7. The van der Waals surface area contributed by atoms with Crippen molar-refractivity contribution in [1.82, 2.24) is 9.97 Å². The van der Waals surface area contributed by atoms with E-state index in [1.807, 2.05) is 0 Å². The zero-order chi connectivity index (χ0) is 16.2. The first kappa shape index (κ1) is 14.8. The van der Waals surface area contributed by atoms with Crippen LogP contribution in [0.15, 0.2) is 60.9 Å². The van der Waals surface area contributed by atoms with Gasteiger partial charge in [0, 0.05) is 11.1 Å². The molecule has 0 aliphatic rings. The summed E-state index contributed by atoms with van der Waals surface area (Å²) in [4.78, 5) is 20.1. The molecule has 6 heteroatoms. The molecule has 23 heavy (non-hydrogen) atoms. The zero-order valence-electron chi connectivity index (χ0n) is 11.8. The van der Waals surface area contributed by atoms with Crippen LogP contribution < -0.4 is 5.32 Å². The number of carbonyl (C=O) groups excluding carboxylic acids is 1. The highest BCUT2D eigenvalue weighted by Gasteiger charge is 2.09. The van der Waals surface area contributed by atoms with Gasteiger partial charge >= 0.3 is 0 Å². The molecule has 0 atom stereocenters. The topological polar surface area (TPSA) is 54.9 Å². The molecule has 0 aliphatic carbocycles. The van der Waals surface area contributed by atoms with Gasteiger partial charge in [-0.05, 0) is 36.4 Å². The van der Waals surface area contributed by atoms with Gasteiger partial charge in [0.1, 0.15) is 11.6 Å². The average Bonchev–Trinajstić information content (AvgIpc) is 2.57. The third kappa shape index (κ3) is 3.37. The largest absolute Gasteiger partial charge is 0.305 e. The van der Waals surface area contributed by atoms with Crippen LogP contribution in [0, 0.1) is 11.6 Å². The van der Waals surface area contributed by atoms with Crippen molar-refractivity contribution in [3.63, 3.8) is 0 Å². The summed E-state index contributed by atoms with van der Waals surface area (Å²) in [6.07, 6.45) is 2.71. The van der Waals surface area contributed by atoms with Crippen LogP contribution in [0.1, 0.15) is 10.4 Å². The first-order chi connectivity index (χ1) is 11.1. The van der Waals surface area contributed by atoms with Gasteiger partial charge in [0.15, 0.2) is 5.82 Å². The maximum Gasteiger partial charge on any atom is 0.256 e. The third-order valence-corrected chi connectivity index (χ3v) is 3.15. The number of nitrogens with one attached hydrogen (secondary N) is 1. The Morgan fingerprint density at radius 1 is 0.913 bits per heavy atom. The highest BCUT2D eigenvalue weighted by atomic mass is 19.1. The monoisotopic (exact) mass is 311 g/mol. The van der Waals surface area contributed by atoms with E-state index in [1.165, 1.54) is 42.7 Å². The fraction of sp³-hybridized carbons (Fsp3) is 0. The molecule has 0 bridgehead atoms. The molecule has 0 fully saturated rings. The summed E-state index contributed by atoms with van der Waals surface area (Å²) in [6.45, 7) is 0. The molecule has 2 aromatic carbocycles. The number of hydrogen-bond acceptors (Lipinski definition) is 3. The lowest BCUT2D eigenvalue weighted by molar-refractivity contribution is 0.102. The average molecular weight is 311 g/mol. The molecule has 0 spiro atoms. The third-order valence-electron chi connectivity index (χ3n) is 3.15. The van der Waals surface area contributed by atoms with Crippen molar-refractivity contribution in [2.45, 2.75) is 0 Å². The van der Waals surface area contributed by atoms with Crippen molar-refractivity contribution < 1.29 is 13.6 Å². The van der Waals surface area contributed by atoms with Gasteiger partial charge in [0.25, 0.3) is 5.91 Å². The van der Waals surface area contributed by atoms with Crippen LogP contribution in [0.25, 0.3) is 11.3 Å². The lowest BCUT2D eigenvalue weighted by Crippen LogP contribution is -2.13. The number of halogens is 2. The number of benzene rings is 2. The van der Waals surface area contributed by atoms with Crippen molar-refractivity contribution in [2.75, 3.05) is 5.32 Å². The Morgan fingerprint density at radius 3 is 2.30 bits per heavy atom. The Morgan fingerprint density at radius 2 is 1.65 bits per heavy atom. The van der Waals surface area contributed by atoms with Crippen LogP contribution in [0.5, 0.6) is 0 Å². The molecule has 0 unspecified atom stereocenters. The maximum atomic E-state index is 13.7. The van der Waals surface area contributed by atoms with E-state index in [0.717, 1.165) is 0 Å². The van der Waals surface area contributed by atoms with Gasteiger partial charge in [0.2, 0.25) is 0 Å². The second-order valence-corrected chi connectivity index (χ2v) is 4.73. The second-order valence-electron chi connectivity index (χ2n) is 4.73. The van der Waals surface area contributed by atoms with E-state index in [1.54, 1.807) is 18.2 Å². The van der Waals surface area contributed by atoms with E-state index in [0.29, 0.717) is 16.8 Å². The molecule has 1 N–H and O–H groups in total. The molecule has 1 heterocycles. The Bertz CT molecular complexity index is 833. The number of nitrogens with zero attached hydrogens (tertiary/aromatic N) is 2. The molecule has 1 aromatic heterocycles. The van der Waals surface area contributed by atoms with E-state index in [9.17, 15) is 13.6 Å². The Hall–Kier alpha value is -3.15. The fourth-order valence-electron chi connectivity index (χ4n) is 1.99. The quantitative estimate of drug-likeness (QED) is 0.803. The first-order valence-corrected chi connectivity index (χ1v) is 6.77. The molecule has 3 aromatic rings. The van der Waals surface area contributed by atoms with Crippen molar-refractivity contribution in [3.05, 3.63) is 78.1 Å². The molecule has 0 saturated carbocycles. The fourth-order valence-corrected chi connectivity index (χ4v) is 1.99. The molecular formula is C17H11F2N3O. The van der Waals surface area contributed by atoms with Gasteiger partial charge in [-0.3, -0.25) is 9.78 Å². The van der Waals surface area contributed by atoms with Gasteiger partial charge in [-0.2, -0.15) is 0 Å². The highest BCUT2D eigenvalue weighted by molar-refractivity contribution is 6.03. The molecule has 4 nitrogen and oxygen atoms in total. The number of hydrogen-bond donors (Lipinski definition) is 1. The Kier molecular flexibility index (Phi) is 4.05.